The van der Waals surface area contributed by atoms with Crippen molar-refractivity contribution in [3.8, 4) is 0 Å². The zero-order valence-corrected chi connectivity index (χ0v) is 22.8. The lowest BCUT2D eigenvalue weighted by atomic mass is 10.1. The number of carbonyl (C=O) groups excluding carboxylic acids is 2. The van der Waals surface area contributed by atoms with Gasteiger partial charge in [0.25, 0.3) is 0 Å². The first-order chi connectivity index (χ1) is 17.1. The highest BCUT2D eigenvalue weighted by atomic mass is 35.5. The first-order valence-electron chi connectivity index (χ1n) is 12.5. The molecule has 1 saturated carbocycles. The number of amides is 2. The number of nitrogens with one attached hydrogen (secondary N) is 1. The largest absolute Gasteiger partial charge is 0.352 e. The molecule has 1 fully saturated rings. The maximum atomic E-state index is 13.8. The number of para-hydroxylation sites is 1. The van der Waals surface area contributed by atoms with Crippen LogP contribution in [0.3, 0.4) is 0 Å². The predicted octanol–water partition coefficient (Wildman–Crippen LogP) is 4.53. The van der Waals surface area contributed by atoms with E-state index in [0.717, 1.165) is 47.4 Å². The van der Waals surface area contributed by atoms with E-state index in [2.05, 4.69) is 5.32 Å². The fourth-order valence-electron chi connectivity index (χ4n) is 4.72. The molecule has 0 aliphatic heterocycles. The van der Waals surface area contributed by atoms with Crippen LogP contribution in [-0.2, 0) is 32.6 Å². The molecule has 0 aromatic heterocycles. The summed E-state index contributed by atoms with van der Waals surface area (Å²) in [6.07, 6.45) is 6.14. The molecule has 36 heavy (non-hydrogen) atoms. The van der Waals surface area contributed by atoms with Gasteiger partial charge in [-0.3, -0.25) is 13.9 Å². The maximum Gasteiger partial charge on any atom is 0.244 e. The van der Waals surface area contributed by atoms with Gasteiger partial charge in [-0.15, -0.1) is 0 Å². The zero-order chi connectivity index (χ0) is 26.3. The van der Waals surface area contributed by atoms with Crippen molar-refractivity contribution < 1.29 is 18.0 Å². The number of anilines is 1. The Morgan fingerprint density at radius 1 is 1.06 bits per heavy atom. The first-order valence-corrected chi connectivity index (χ1v) is 14.8. The van der Waals surface area contributed by atoms with Gasteiger partial charge in [-0.2, -0.15) is 0 Å². The molecule has 2 aromatic rings. The third-order valence-electron chi connectivity index (χ3n) is 6.67. The number of carbonyl (C=O) groups is 2. The topological polar surface area (TPSA) is 86.8 Å². The molecular formula is C27H36ClN3O4S. The van der Waals surface area contributed by atoms with Crippen molar-refractivity contribution in [1.29, 1.82) is 0 Å². The van der Waals surface area contributed by atoms with Crippen LogP contribution in [0.1, 0.15) is 57.1 Å². The minimum Gasteiger partial charge on any atom is -0.352 e. The van der Waals surface area contributed by atoms with Crippen LogP contribution in [0.5, 0.6) is 0 Å². The number of sulfonamides is 1. The molecule has 196 valence electrons. The molecule has 0 radical (unpaired) electrons. The van der Waals surface area contributed by atoms with Gasteiger partial charge in [0.05, 0.1) is 11.9 Å². The van der Waals surface area contributed by atoms with E-state index in [0.29, 0.717) is 23.6 Å². The Bertz CT molecular complexity index is 1150. The smallest absolute Gasteiger partial charge is 0.244 e. The van der Waals surface area contributed by atoms with E-state index in [-0.39, 0.29) is 18.5 Å². The van der Waals surface area contributed by atoms with E-state index in [1.165, 1.54) is 4.90 Å². The molecule has 3 rings (SSSR count). The summed E-state index contributed by atoms with van der Waals surface area (Å²) in [6, 6.07) is 13.6. The van der Waals surface area contributed by atoms with Gasteiger partial charge >= 0.3 is 0 Å². The molecule has 1 aliphatic carbocycles. The monoisotopic (exact) mass is 533 g/mol. The second kappa shape index (κ2) is 12.6. The molecular weight excluding hydrogens is 498 g/mol. The third kappa shape index (κ3) is 7.23. The van der Waals surface area contributed by atoms with Crippen molar-refractivity contribution in [2.75, 3.05) is 17.1 Å². The van der Waals surface area contributed by atoms with E-state index >= 15 is 0 Å². The van der Waals surface area contributed by atoms with Gasteiger partial charge in [-0.25, -0.2) is 8.42 Å². The molecule has 2 amide bonds. The quantitative estimate of drug-likeness (QED) is 0.459. The number of nitrogens with zero attached hydrogens (tertiary/aromatic N) is 2. The number of halogens is 1. The van der Waals surface area contributed by atoms with Gasteiger partial charge in [0.15, 0.2) is 0 Å². The minimum absolute atomic E-state index is 0.114. The van der Waals surface area contributed by atoms with Gasteiger partial charge in [0.1, 0.15) is 12.6 Å². The second-order valence-corrected chi connectivity index (χ2v) is 11.7. The number of hydrogen-bond acceptors (Lipinski definition) is 4. The van der Waals surface area contributed by atoms with E-state index in [9.17, 15) is 18.0 Å². The maximum absolute atomic E-state index is 13.8. The average molecular weight is 534 g/mol. The van der Waals surface area contributed by atoms with Gasteiger partial charge in [-0.1, -0.05) is 68.6 Å². The van der Waals surface area contributed by atoms with Gasteiger partial charge in [0.2, 0.25) is 21.8 Å². The van der Waals surface area contributed by atoms with Crippen LogP contribution in [0.4, 0.5) is 5.69 Å². The summed E-state index contributed by atoms with van der Waals surface area (Å²) in [4.78, 5) is 28.6. The molecule has 2 aromatic carbocycles. The lowest BCUT2D eigenvalue weighted by molar-refractivity contribution is -0.140. The lowest BCUT2D eigenvalue weighted by Gasteiger charge is -2.33. The van der Waals surface area contributed by atoms with Gasteiger partial charge in [0, 0.05) is 17.6 Å². The number of benzene rings is 2. The van der Waals surface area contributed by atoms with E-state index in [1.807, 2.05) is 38.1 Å². The molecule has 1 atom stereocenters. The standard InChI is InChI=1S/C27H36ClN3O4S/c1-4-21-10-6-9-13-25(21)31(36(3,34)35)19-26(32)30(18-20-14-16-22(28)17-15-20)24(5-2)27(33)29-23-11-7-8-12-23/h6,9-10,13-17,23-24H,4-5,7-8,11-12,18-19H2,1-3H3,(H,29,33). The summed E-state index contributed by atoms with van der Waals surface area (Å²) in [7, 11) is -3.76. The Morgan fingerprint density at radius 3 is 2.28 bits per heavy atom. The van der Waals surface area contributed by atoms with Crippen LogP contribution in [0.25, 0.3) is 0 Å². The van der Waals surface area contributed by atoms with Crippen molar-refractivity contribution in [2.24, 2.45) is 0 Å². The number of rotatable bonds is 11. The average Bonchev–Trinajstić information content (AvgIpc) is 3.35. The number of aryl methyl sites for hydroxylation is 1. The zero-order valence-electron chi connectivity index (χ0n) is 21.2. The van der Waals surface area contributed by atoms with Crippen LogP contribution in [0, 0.1) is 0 Å². The molecule has 7 nitrogen and oxygen atoms in total. The van der Waals surface area contributed by atoms with E-state index in [1.54, 1.807) is 24.3 Å². The summed E-state index contributed by atoms with van der Waals surface area (Å²) in [5.41, 5.74) is 2.11. The Hall–Kier alpha value is -2.58. The lowest BCUT2D eigenvalue weighted by Crippen LogP contribution is -2.53. The molecule has 1 N–H and O–H groups in total. The fraction of sp³-hybridized carbons (Fsp3) is 0.481. The van der Waals surface area contributed by atoms with Crippen molar-refractivity contribution >= 4 is 39.1 Å². The van der Waals surface area contributed by atoms with Gasteiger partial charge < -0.3 is 10.2 Å². The summed E-state index contributed by atoms with van der Waals surface area (Å²) >= 11 is 6.04. The van der Waals surface area contributed by atoms with Crippen LogP contribution in [0.2, 0.25) is 5.02 Å². The van der Waals surface area contributed by atoms with Crippen LogP contribution in [0.15, 0.2) is 48.5 Å². The van der Waals surface area contributed by atoms with Crippen LogP contribution >= 0.6 is 11.6 Å². The SMILES string of the molecule is CCc1ccccc1N(CC(=O)N(Cc1ccc(Cl)cc1)C(CC)C(=O)NC1CCCC1)S(C)(=O)=O. The van der Waals surface area contributed by atoms with Crippen molar-refractivity contribution in [1.82, 2.24) is 10.2 Å². The van der Waals surface area contributed by atoms with Crippen LogP contribution in [-0.4, -0.2) is 50.0 Å². The normalized spacial score (nSPS) is 14.9. The third-order valence-corrected chi connectivity index (χ3v) is 8.05. The molecule has 0 bridgehead atoms. The molecule has 0 heterocycles. The minimum atomic E-state index is -3.76. The Balaban J connectivity index is 1.94. The highest BCUT2D eigenvalue weighted by Gasteiger charge is 2.33. The molecule has 0 saturated heterocycles. The molecule has 1 unspecified atom stereocenters. The van der Waals surface area contributed by atoms with Crippen molar-refractivity contribution in [3.05, 3.63) is 64.7 Å². The molecule has 0 spiro atoms. The fourth-order valence-corrected chi connectivity index (χ4v) is 5.73. The summed E-state index contributed by atoms with van der Waals surface area (Å²) in [5, 5.41) is 3.68. The Morgan fingerprint density at radius 2 is 1.69 bits per heavy atom. The Kier molecular flexibility index (Phi) is 9.79. The van der Waals surface area contributed by atoms with Crippen molar-refractivity contribution in [3.63, 3.8) is 0 Å². The predicted molar refractivity (Wildman–Crippen MR) is 144 cm³/mol. The Labute approximate surface area is 219 Å². The van der Waals surface area contributed by atoms with Crippen LogP contribution < -0.4 is 9.62 Å². The van der Waals surface area contributed by atoms with E-state index in [4.69, 9.17) is 11.6 Å². The summed E-state index contributed by atoms with van der Waals surface area (Å²) in [5.74, 6) is -0.638. The molecule has 1 aliphatic rings. The number of hydrogen-bond donors (Lipinski definition) is 1. The summed E-state index contributed by atoms with van der Waals surface area (Å²) in [6.45, 7) is 3.58. The van der Waals surface area contributed by atoms with Crippen molar-refractivity contribution in [2.45, 2.75) is 71.0 Å². The van der Waals surface area contributed by atoms with Gasteiger partial charge in [-0.05, 0) is 55.0 Å². The highest BCUT2D eigenvalue weighted by Crippen LogP contribution is 2.25. The highest BCUT2D eigenvalue weighted by molar-refractivity contribution is 7.92. The second-order valence-electron chi connectivity index (χ2n) is 9.31. The first kappa shape index (κ1) is 28.0. The summed E-state index contributed by atoms with van der Waals surface area (Å²) < 4.78 is 26.8. The van der Waals surface area contributed by atoms with E-state index < -0.39 is 28.5 Å². The molecule has 9 heteroatoms.